The third-order valence-electron chi connectivity index (χ3n) is 4.38. The number of aliphatic hydroxyl groups excluding tert-OH is 1. The normalized spacial score (nSPS) is 16.1. The number of aliphatic hydroxyl groups is 1. The van der Waals surface area contributed by atoms with E-state index in [0.29, 0.717) is 26.2 Å². The van der Waals surface area contributed by atoms with Gasteiger partial charge in [-0.3, -0.25) is 4.79 Å². The topological polar surface area (TPSA) is 43.8 Å². The van der Waals surface area contributed by atoms with Crippen LogP contribution in [0.25, 0.3) is 0 Å². The van der Waals surface area contributed by atoms with E-state index in [0.717, 1.165) is 11.3 Å². The molecule has 0 aromatic heterocycles. The minimum absolute atomic E-state index is 0.0369. The molecule has 1 aliphatic heterocycles. The van der Waals surface area contributed by atoms with Crippen molar-refractivity contribution in [2.75, 3.05) is 31.1 Å². The van der Waals surface area contributed by atoms with E-state index in [-0.39, 0.29) is 18.1 Å². The summed E-state index contributed by atoms with van der Waals surface area (Å²) < 4.78 is 13.0. The van der Waals surface area contributed by atoms with Crippen molar-refractivity contribution in [3.8, 4) is 0 Å². The van der Waals surface area contributed by atoms with Crippen LogP contribution in [0.4, 0.5) is 10.1 Å². The van der Waals surface area contributed by atoms with Gasteiger partial charge in [0.05, 0.1) is 12.5 Å². The van der Waals surface area contributed by atoms with E-state index in [1.54, 1.807) is 17.0 Å². The van der Waals surface area contributed by atoms with Crippen molar-refractivity contribution in [2.45, 2.75) is 12.5 Å². The van der Waals surface area contributed by atoms with Crippen LogP contribution in [0.5, 0.6) is 0 Å². The van der Waals surface area contributed by atoms with E-state index < -0.39 is 6.10 Å². The van der Waals surface area contributed by atoms with Gasteiger partial charge in [-0.1, -0.05) is 30.3 Å². The van der Waals surface area contributed by atoms with E-state index in [1.807, 2.05) is 30.3 Å². The smallest absolute Gasteiger partial charge is 0.225 e. The van der Waals surface area contributed by atoms with Gasteiger partial charge in [0.25, 0.3) is 0 Å². The van der Waals surface area contributed by atoms with Gasteiger partial charge in [0.2, 0.25) is 5.91 Å². The fourth-order valence-electron chi connectivity index (χ4n) is 2.95. The molecule has 126 valence electrons. The lowest BCUT2D eigenvalue weighted by Gasteiger charge is -2.36. The molecule has 1 unspecified atom stereocenters. The lowest BCUT2D eigenvalue weighted by Crippen LogP contribution is -2.49. The standard InChI is InChI=1S/C19H21FN2O2/c20-16-6-8-17(9-7-16)21-10-12-22(13-11-21)19(24)14-18(23)15-4-2-1-3-5-15/h1-9,18,23H,10-14H2. The zero-order valence-corrected chi connectivity index (χ0v) is 13.4. The summed E-state index contributed by atoms with van der Waals surface area (Å²) in [4.78, 5) is 16.3. The van der Waals surface area contributed by atoms with Crippen LogP contribution in [0.15, 0.2) is 54.6 Å². The molecule has 1 saturated heterocycles. The van der Waals surface area contributed by atoms with Crippen LogP contribution < -0.4 is 4.90 Å². The predicted molar refractivity (Wildman–Crippen MR) is 91.2 cm³/mol. The number of halogens is 1. The highest BCUT2D eigenvalue weighted by Gasteiger charge is 2.23. The Morgan fingerprint density at radius 2 is 1.62 bits per heavy atom. The Bertz CT molecular complexity index is 668. The molecule has 1 fully saturated rings. The number of carbonyl (C=O) groups excluding carboxylic acids is 1. The summed E-state index contributed by atoms with van der Waals surface area (Å²) >= 11 is 0. The van der Waals surface area contributed by atoms with Crippen LogP contribution in [-0.2, 0) is 4.79 Å². The molecule has 0 aliphatic carbocycles. The molecule has 1 amide bonds. The number of piperazine rings is 1. The third kappa shape index (κ3) is 3.92. The zero-order valence-electron chi connectivity index (χ0n) is 13.4. The molecule has 24 heavy (non-hydrogen) atoms. The van der Waals surface area contributed by atoms with E-state index >= 15 is 0 Å². The molecule has 0 bridgehead atoms. The Hall–Kier alpha value is -2.40. The van der Waals surface area contributed by atoms with Gasteiger partial charge < -0.3 is 14.9 Å². The van der Waals surface area contributed by atoms with Crippen molar-refractivity contribution in [3.63, 3.8) is 0 Å². The van der Waals surface area contributed by atoms with Crippen molar-refractivity contribution in [3.05, 3.63) is 66.0 Å². The van der Waals surface area contributed by atoms with Gasteiger partial charge in [-0.2, -0.15) is 0 Å². The molecule has 0 saturated carbocycles. The Labute approximate surface area is 141 Å². The second-order valence-corrected chi connectivity index (χ2v) is 5.97. The Morgan fingerprint density at radius 3 is 2.25 bits per heavy atom. The minimum atomic E-state index is -0.770. The van der Waals surface area contributed by atoms with Gasteiger partial charge in [0.1, 0.15) is 5.82 Å². The maximum Gasteiger partial charge on any atom is 0.225 e. The highest BCUT2D eigenvalue weighted by molar-refractivity contribution is 5.77. The van der Waals surface area contributed by atoms with E-state index in [2.05, 4.69) is 4.90 Å². The molecular formula is C19H21FN2O2. The average Bonchev–Trinajstić information content (AvgIpc) is 2.63. The van der Waals surface area contributed by atoms with E-state index in [9.17, 15) is 14.3 Å². The summed E-state index contributed by atoms with van der Waals surface area (Å²) in [5.74, 6) is -0.285. The lowest BCUT2D eigenvalue weighted by molar-refractivity contribution is -0.133. The molecule has 0 spiro atoms. The Morgan fingerprint density at radius 1 is 1.00 bits per heavy atom. The van der Waals surface area contributed by atoms with Crippen LogP contribution in [-0.4, -0.2) is 42.1 Å². The molecule has 5 heteroatoms. The molecule has 1 atom stereocenters. The summed E-state index contributed by atoms with van der Waals surface area (Å²) in [6.07, 6.45) is -0.672. The average molecular weight is 328 g/mol. The summed E-state index contributed by atoms with van der Waals surface area (Å²) in [7, 11) is 0. The van der Waals surface area contributed by atoms with E-state index in [4.69, 9.17) is 0 Å². The van der Waals surface area contributed by atoms with Crippen molar-refractivity contribution >= 4 is 11.6 Å². The molecule has 3 rings (SSSR count). The van der Waals surface area contributed by atoms with Gasteiger partial charge in [-0.25, -0.2) is 4.39 Å². The maximum absolute atomic E-state index is 13.0. The van der Waals surface area contributed by atoms with Crippen LogP contribution in [0, 0.1) is 5.82 Å². The quantitative estimate of drug-likeness (QED) is 0.938. The number of hydrogen-bond acceptors (Lipinski definition) is 3. The number of hydrogen-bond donors (Lipinski definition) is 1. The largest absolute Gasteiger partial charge is 0.388 e. The number of carbonyl (C=O) groups is 1. The molecule has 0 radical (unpaired) electrons. The lowest BCUT2D eigenvalue weighted by atomic mass is 10.1. The predicted octanol–water partition coefficient (Wildman–Crippen LogP) is 2.60. The highest BCUT2D eigenvalue weighted by atomic mass is 19.1. The summed E-state index contributed by atoms with van der Waals surface area (Å²) in [6.45, 7) is 2.63. The van der Waals surface area contributed by atoms with Gasteiger partial charge in [-0.15, -0.1) is 0 Å². The van der Waals surface area contributed by atoms with Crippen molar-refractivity contribution < 1.29 is 14.3 Å². The monoisotopic (exact) mass is 328 g/mol. The van der Waals surface area contributed by atoms with Crippen LogP contribution >= 0.6 is 0 Å². The first-order valence-corrected chi connectivity index (χ1v) is 8.15. The maximum atomic E-state index is 13.0. The first-order valence-electron chi connectivity index (χ1n) is 8.15. The van der Waals surface area contributed by atoms with Gasteiger partial charge in [-0.05, 0) is 29.8 Å². The van der Waals surface area contributed by atoms with Crippen molar-refractivity contribution in [1.29, 1.82) is 0 Å². The Kier molecular flexibility index (Phi) is 5.11. The molecular weight excluding hydrogens is 307 g/mol. The van der Waals surface area contributed by atoms with Crippen molar-refractivity contribution in [2.24, 2.45) is 0 Å². The molecule has 1 N–H and O–H groups in total. The zero-order chi connectivity index (χ0) is 16.9. The summed E-state index contributed by atoms with van der Waals surface area (Å²) in [5.41, 5.74) is 1.73. The number of benzene rings is 2. The van der Waals surface area contributed by atoms with Crippen LogP contribution in [0.1, 0.15) is 18.1 Å². The number of anilines is 1. The third-order valence-corrected chi connectivity index (χ3v) is 4.38. The van der Waals surface area contributed by atoms with Crippen LogP contribution in [0.2, 0.25) is 0 Å². The van der Waals surface area contributed by atoms with Gasteiger partial charge in [0.15, 0.2) is 0 Å². The summed E-state index contributed by atoms with van der Waals surface area (Å²) in [6, 6.07) is 15.6. The fourth-order valence-corrected chi connectivity index (χ4v) is 2.95. The highest BCUT2D eigenvalue weighted by Crippen LogP contribution is 2.20. The first-order chi connectivity index (χ1) is 11.6. The second-order valence-electron chi connectivity index (χ2n) is 5.97. The van der Waals surface area contributed by atoms with Gasteiger partial charge in [0, 0.05) is 31.9 Å². The van der Waals surface area contributed by atoms with Crippen molar-refractivity contribution in [1.82, 2.24) is 4.90 Å². The Balaban J connectivity index is 1.52. The molecule has 4 nitrogen and oxygen atoms in total. The molecule has 2 aromatic rings. The van der Waals surface area contributed by atoms with Gasteiger partial charge >= 0.3 is 0 Å². The number of amides is 1. The SMILES string of the molecule is O=C(CC(O)c1ccccc1)N1CCN(c2ccc(F)cc2)CC1. The molecule has 1 aliphatic rings. The minimum Gasteiger partial charge on any atom is -0.388 e. The summed E-state index contributed by atoms with van der Waals surface area (Å²) in [5, 5.41) is 10.2. The van der Waals surface area contributed by atoms with E-state index in [1.165, 1.54) is 12.1 Å². The first kappa shape index (κ1) is 16.5. The number of rotatable bonds is 4. The second kappa shape index (κ2) is 7.45. The number of nitrogens with zero attached hydrogens (tertiary/aromatic N) is 2. The fraction of sp³-hybridized carbons (Fsp3) is 0.316. The molecule has 1 heterocycles. The van der Waals surface area contributed by atoms with Crippen LogP contribution in [0.3, 0.4) is 0 Å². The molecule has 2 aromatic carbocycles.